The van der Waals surface area contributed by atoms with Crippen molar-refractivity contribution in [1.29, 1.82) is 0 Å². The van der Waals surface area contributed by atoms with Crippen LogP contribution >= 0.6 is 11.3 Å². The largest absolute Gasteiger partial charge is 0.336 e. The molecular weight excluding hydrogens is 282 g/mol. The third-order valence-electron chi connectivity index (χ3n) is 3.02. The van der Waals surface area contributed by atoms with Crippen LogP contribution in [0.15, 0.2) is 29.8 Å². The SMILES string of the molecule is Cc1ncsc1CN(C)C(=O)c1cccc(C#CCN)c1. The Kier molecular flexibility index (Phi) is 5.09. The van der Waals surface area contributed by atoms with Gasteiger partial charge in [-0.15, -0.1) is 11.3 Å². The fourth-order valence-electron chi connectivity index (χ4n) is 1.87. The summed E-state index contributed by atoms with van der Waals surface area (Å²) in [5.41, 5.74) is 9.56. The van der Waals surface area contributed by atoms with Gasteiger partial charge in [0.1, 0.15) is 0 Å². The number of thiazole rings is 1. The number of nitrogens with two attached hydrogens (primary N) is 1. The predicted molar refractivity (Wildman–Crippen MR) is 85.0 cm³/mol. The highest BCUT2D eigenvalue weighted by atomic mass is 32.1. The maximum absolute atomic E-state index is 12.4. The van der Waals surface area contributed by atoms with Crippen LogP contribution in [0.4, 0.5) is 0 Å². The van der Waals surface area contributed by atoms with Crippen molar-refractivity contribution >= 4 is 17.2 Å². The van der Waals surface area contributed by atoms with Crippen LogP contribution in [0.2, 0.25) is 0 Å². The predicted octanol–water partition coefficient (Wildman–Crippen LogP) is 2.03. The minimum Gasteiger partial charge on any atom is -0.336 e. The Labute approximate surface area is 128 Å². The molecule has 2 N–H and O–H groups in total. The van der Waals surface area contributed by atoms with E-state index in [1.807, 2.05) is 19.1 Å². The van der Waals surface area contributed by atoms with Crippen LogP contribution in [0.1, 0.15) is 26.5 Å². The monoisotopic (exact) mass is 299 g/mol. The standard InChI is InChI=1S/C16H17N3OS/c1-12-15(21-11-18-12)10-19(2)16(20)14-7-3-5-13(9-14)6-4-8-17/h3,5,7,9,11H,8,10,17H2,1-2H3. The fraction of sp³-hybridized carbons (Fsp3) is 0.250. The van der Waals surface area contributed by atoms with Gasteiger partial charge in [-0.25, -0.2) is 4.98 Å². The molecule has 0 unspecified atom stereocenters. The number of hydrogen-bond donors (Lipinski definition) is 1. The Balaban J connectivity index is 2.14. The van der Waals surface area contributed by atoms with Gasteiger partial charge in [-0.1, -0.05) is 17.9 Å². The first kappa shape index (κ1) is 15.2. The zero-order valence-corrected chi connectivity index (χ0v) is 12.9. The summed E-state index contributed by atoms with van der Waals surface area (Å²) in [6.45, 7) is 2.82. The number of aromatic nitrogens is 1. The minimum absolute atomic E-state index is 0.0285. The van der Waals surface area contributed by atoms with Crippen molar-refractivity contribution in [3.05, 3.63) is 51.5 Å². The first-order valence-corrected chi connectivity index (χ1v) is 7.43. The molecule has 0 saturated carbocycles. The summed E-state index contributed by atoms with van der Waals surface area (Å²) in [4.78, 5) is 19.4. The van der Waals surface area contributed by atoms with Crippen LogP contribution in [-0.2, 0) is 6.54 Å². The van der Waals surface area contributed by atoms with Gasteiger partial charge in [0.15, 0.2) is 0 Å². The van der Waals surface area contributed by atoms with Crippen molar-refractivity contribution < 1.29 is 4.79 Å². The Hall–Kier alpha value is -2.16. The molecule has 5 heteroatoms. The first-order valence-electron chi connectivity index (χ1n) is 6.55. The van der Waals surface area contributed by atoms with Crippen LogP contribution in [-0.4, -0.2) is 29.4 Å². The van der Waals surface area contributed by atoms with E-state index >= 15 is 0 Å². The normalized spacial score (nSPS) is 9.86. The van der Waals surface area contributed by atoms with E-state index in [1.165, 1.54) is 0 Å². The van der Waals surface area contributed by atoms with Gasteiger partial charge in [-0.2, -0.15) is 0 Å². The maximum atomic E-state index is 12.4. The molecule has 0 aliphatic rings. The smallest absolute Gasteiger partial charge is 0.253 e. The number of aryl methyl sites for hydroxylation is 1. The van der Waals surface area contributed by atoms with Gasteiger partial charge in [0.05, 0.1) is 24.3 Å². The molecular formula is C16H17N3OS. The number of amides is 1. The molecule has 1 amide bonds. The van der Waals surface area contributed by atoms with Crippen molar-refractivity contribution in [2.45, 2.75) is 13.5 Å². The zero-order valence-electron chi connectivity index (χ0n) is 12.1. The Bertz CT molecular complexity index is 697. The average Bonchev–Trinajstić information content (AvgIpc) is 2.90. The van der Waals surface area contributed by atoms with E-state index in [2.05, 4.69) is 16.8 Å². The maximum Gasteiger partial charge on any atom is 0.253 e. The van der Waals surface area contributed by atoms with Crippen LogP contribution < -0.4 is 5.73 Å². The molecule has 1 aromatic carbocycles. The molecule has 4 nitrogen and oxygen atoms in total. The molecule has 0 fully saturated rings. The number of nitrogens with zero attached hydrogens (tertiary/aromatic N) is 2. The van der Waals surface area contributed by atoms with Crippen molar-refractivity contribution in [3.63, 3.8) is 0 Å². The van der Waals surface area contributed by atoms with Gasteiger partial charge in [0.25, 0.3) is 5.91 Å². The summed E-state index contributed by atoms with van der Waals surface area (Å²) in [5.74, 6) is 5.70. The summed E-state index contributed by atoms with van der Waals surface area (Å²) in [6, 6.07) is 7.29. The van der Waals surface area contributed by atoms with E-state index in [4.69, 9.17) is 5.73 Å². The molecule has 0 atom stereocenters. The van der Waals surface area contributed by atoms with E-state index in [0.29, 0.717) is 18.7 Å². The van der Waals surface area contributed by atoms with Crippen LogP contribution in [0, 0.1) is 18.8 Å². The molecule has 0 aliphatic carbocycles. The molecule has 1 heterocycles. The second-order valence-corrected chi connectivity index (χ2v) is 5.55. The zero-order chi connectivity index (χ0) is 15.2. The van der Waals surface area contributed by atoms with Gasteiger partial charge in [0.2, 0.25) is 0 Å². The topological polar surface area (TPSA) is 59.2 Å². The molecule has 0 saturated heterocycles. The highest BCUT2D eigenvalue weighted by Crippen LogP contribution is 2.16. The number of rotatable bonds is 3. The Morgan fingerprint density at radius 2 is 2.29 bits per heavy atom. The van der Waals surface area contributed by atoms with Crippen LogP contribution in [0.25, 0.3) is 0 Å². The van der Waals surface area contributed by atoms with Gasteiger partial charge >= 0.3 is 0 Å². The number of carbonyl (C=O) groups excluding carboxylic acids is 1. The third-order valence-corrected chi connectivity index (χ3v) is 3.94. The van der Waals surface area contributed by atoms with E-state index in [9.17, 15) is 4.79 Å². The Morgan fingerprint density at radius 1 is 1.48 bits per heavy atom. The van der Waals surface area contributed by atoms with Crippen molar-refractivity contribution in [3.8, 4) is 11.8 Å². The highest BCUT2D eigenvalue weighted by molar-refractivity contribution is 7.09. The molecule has 0 radical (unpaired) electrons. The van der Waals surface area contributed by atoms with Gasteiger partial charge in [-0.05, 0) is 25.1 Å². The number of hydrogen-bond acceptors (Lipinski definition) is 4. The fourth-order valence-corrected chi connectivity index (χ4v) is 2.70. The third kappa shape index (κ3) is 3.91. The summed E-state index contributed by atoms with van der Waals surface area (Å²) < 4.78 is 0. The first-order chi connectivity index (χ1) is 10.1. The van der Waals surface area contributed by atoms with E-state index in [-0.39, 0.29) is 5.91 Å². The summed E-state index contributed by atoms with van der Waals surface area (Å²) in [6.07, 6.45) is 0. The molecule has 2 aromatic rings. The summed E-state index contributed by atoms with van der Waals surface area (Å²) in [7, 11) is 1.79. The van der Waals surface area contributed by atoms with Crippen LogP contribution in [0.5, 0.6) is 0 Å². The molecule has 2 rings (SSSR count). The average molecular weight is 299 g/mol. The van der Waals surface area contributed by atoms with Crippen LogP contribution in [0.3, 0.4) is 0 Å². The molecule has 21 heavy (non-hydrogen) atoms. The van der Waals surface area contributed by atoms with E-state index in [1.54, 1.807) is 40.9 Å². The quantitative estimate of drug-likeness (QED) is 0.882. The summed E-state index contributed by atoms with van der Waals surface area (Å²) >= 11 is 1.56. The van der Waals surface area contributed by atoms with E-state index < -0.39 is 0 Å². The lowest BCUT2D eigenvalue weighted by molar-refractivity contribution is 0.0786. The van der Waals surface area contributed by atoms with Crippen molar-refractivity contribution in [1.82, 2.24) is 9.88 Å². The highest BCUT2D eigenvalue weighted by Gasteiger charge is 2.14. The molecule has 0 spiro atoms. The lowest BCUT2D eigenvalue weighted by Crippen LogP contribution is -2.26. The van der Waals surface area contributed by atoms with Crippen molar-refractivity contribution in [2.75, 3.05) is 13.6 Å². The second-order valence-electron chi connectivity index (χ2n) is 4.61. The molecule has 1 aromatic heterocycles. The molecule has 108 valence electrons. The second kappa shape index (κ2) is 7.02. The number of carbonyl (C=O) groups is 1. The van der Waals surface area contributed by atoms with Gasteiger partial charge < -0.3 is 10.6 Å². The minimum atomic E-state index is -0.0285. The molecule has 0 aliphatic heterocycles. The molecule has 0 bridgehead atoms. The number of benzene rings is 1. The Morgan fingerprint density at radius 3 is 2.95 bits per heavy atom. The van der Waals surface area contributed by atoms with E-state index in [0.717, 1.165) is 16.1 Å². The van der Waals surface area contributed by atoms with Crippen molar-refractivity contribution in [2.24, 2.45) is 5.73 Å². The van der Waals surface area contributed by atoms with Gasteiger partial charge in [0, 0.05) is 23.1 Å². The van der Waals surface area contributed by atoms with Gasteiger partial charge in [-0.3, -0.25) is 4.79 Å². The lowest BCUT2D eigenvalue weighted by atomic mass is 10.1. The lowest BCUT2D eigenvalue weighted by Gasteiger charge is -2.16. The summed E-state index contributed by atoms with van der Waals surface area (Å²) in [5, 5.41) is 0.